The highest BCUT2D eigenvalue weighted by Gasteiger charge is 2.30. The van der Waals surface area contributed by atoms with E-state index in [-0.39, 0.29) is 18.2 Å². The van der Waals surface area contributed by atoms with Gasteiger partial charge in [0.2, 0.25) is 5.91 Å². The zero-order chi connectivity index (χ0) is 21.0. The third kappa shape index (κ3) is 4.72. The van der Waals surface area contributed by atoms with Crippen LogP contribution in [0.3, 0.4) is 0 Å². The summed E-state index contributed by atoms with van der Waals surface area (Å²) in [7, 11) is 0. The molecule has 29 heavy (non-hydrogen) atoms. The SMILES string of the molecule is CCN(CC)C(=O)CCc1nc(-c2cccc(C(F)(F)F)c2)nc2ccccc12. The number of aryl methyl sites for hydroxylation is 1. The Bertz CT molecular complexity index is 1010. The summed E-state index contributed by atoms with van der Waals surface area (Å²) < 4.78 is 39.3. The van der Waals surface area contributed by atoms with Crippen LogP contribution in [0.15, 0.2) is 48.5 Å². The van der Waals surface area contributed by atoms with Gasteiger partial charge >= 0.3 is 6.18 Å². The number of hydrogen-bond acceptors (Lipinski definition) is 3. The van der Waals surface area contributed by atoms with Crippen molar-refractivity contribution >= 4 is 16.8 Å². The van der Waals surface area contributed by atoms with Crippen molar-refractivity contribution in [3.05, 3.63) is 59.8 Å². The number of rotatable bonds is 6. The molecule has 1 aromatic heterocycles. The quantitative estimate of drug-likeness (QED) is 0.576. The van der Waals surface area contributed by atoms with Gasteiger partial charge in [0.05, 0.1) is 16.8 Å². The highest BCUT2D eigenvalue weighted by molar-refractivity contribution is 5.84. The molecule has 3 rings (SSSR count). The molecular formula is C22H22F3N3O. The highest BCUT2D eigenvalue weighted by atomic mass is 19.4. The maximum absolute atomic E-state index is 13.1. The van der Waals surface area contributed by atoms with E-state index in [1.54, 1.807) is 17.0 Å². The van der Waals surface area contributed by atoms with E-state index in [1.807, 2.05) is 32.0 Å². The Morgan fingerprint density at radius 3 is 2.41 bits per heavy atom. The molecule has 1 heterocycles. The van der Waals surface area contributed by atoms with Crippen molar-refractivity contribution in [1.29, 1.82) is 0 Å². The number of aromatic nitrogens is 2. The Balaban J connectivity index is 2.00. The smallest absolute Gasteiger partial charge is 0.343 e. The van der Waals surface area contributed by atoms with Crippen LogP contribution in [-0.4, -0.2) is 33.9 Å². The molecular weight excluding hydrogens is 379 g/mol. The number of benzene rings is 2. The number of carbonyl (C=O) groups is 1. The van der Waals surface area contributed by atoms with Gasteiger partial charge in [-0.15, -0.1) is 0 Å². The fourth-order valence-corrected chi connectivity index (χ4v) is 3.26. The largest absolute Gasteiger partial charge is 0.416 e. The first-order valence-electron chi connectivity index (χ1n) is 9.54. The van der Waals surface area contributed by atoms with E-state index in [2.05, 4.69) is 9.97 Å². The van der Waals surface area contributed by atoms with Crippen LogP contribution < -0.4 is 0 Å². The number of halogens is 3. The lowest BCUT2D eigenvalue weighted by Crippen LogP contribution is -2.30. The second-order valence-corrected chi connectivity index (χ2v) is 6.66. The van der Waals surface area contributed by atoms with Gasteiger partial charge in [-0.05, 0) is 38.5 Å². The molecule has 0 bridgehead atoms. The summed E-state index contributed by atoms with van der Waals surface area (Å²) in [5.74, 6) is 0.249. The average molecular weight is 401 g/mol. The lowest BCUT2D eigenvalue weighted by molar-refractivity contribution is -0.137. The Kier molecular flexibility index (Phi) is 6.15. The third-order valence-electron chi connectivity index (χ3n) is 4.82. The fourth-order valence-electron chi connectivity index (χ4n) is 3.26. The molecule has 0 spiro atoms. The van der Waals surface area contributed by atoms with Crippen LogP contribution in [-0.2, 0) is 17.4 Å². The van der Waals surface area contributed by atoms with E-state index >= 15 is 0 Å². The van der Waals surface area contributed by atoms with E-state index in [9.17, 15) is 18.0 Å². The number of nitrogens with zero attached hydrogens (tertiary/aromatic N) is 3. The van der Waals surface area contributed by atoms with E-state index in [0.29, 0.717) is 36.3 Å². The van der Waals surface area contributed by atoms with Crippen LogP contribution in [0.4, 0.5) is 13.2 Å². The number of carbonyl (C=O) groups excluding carboxylic acids is 1. The number of amides is 1. The molecule has 4 nitrogen and oxygen atoms in total. The lowest BCUT2D eigenvalue weighted by Gasteiger charge is -2.18. The Labute approximate surface area is 167 Å². The summed E-state index contributed by atoms with van der Waals surface area (Å²) in [6.07, 6.45) is -3.76. The summed E-state index contributed by atoms with van der Waals surface area (Å²) in [6.45, 7) is 5.12. The maximum atomic E-state index is 13.1. The highest BCUT2D eigenvalue weighted by Crippen LogP contribution is 2.32. The summed E-state index contributed by atoms with van der Waals surface area (Å²) >= 11 is 0. The molecule has 0 radical (unpaired) electrons. The molecule has 0 saturated carbocycles. The van der Waals surface area contributed by atoms with Crippen molar-refractivity contribution in [2.45, 2.75) is 32.9 Å². The summed E-state index contributed by atoms with van der Waals surface area (Å²) in [5.41, 5.74) is 0.843. The van der Waals surface area contributed by atoms with Crippen molar-refractivity contribution in [3.63, 3.8) is 0 Å². The van der Waals surface area contributed by atoms with Gasteiger partial charge in [0, 0.05) is 30.5 Å². The number of hydrogen-bond donors (Lipinski definition) is 0. The van der Waals surface area contributed by atoms with Gasteiger partial charge in [-0.2, -0.15) is 13.2 Å². The van der Waals surface area contributed by atoms with Crippen molar-refractivity contribution in [2.75, 3.05) is 13.1 Å². The molecule has 0 unspecified atom stereocenters. The predicted molar refractivity (Wildman–Crippen MR) is 106 cm³/mol. The van der Waals surface area contributed by atoms with Crippen LogP contribution in [0.2, 0.25) is 0 Å². The van der Waals surface area contributed by atoms with E-state index in [0.717, 1.165) is 17.5 Å². The first-order valence-corrected chi connectivity index (χ1v) is 9.54. The maximum Gasteiger partial charge on any atom is 0.416 e. The van der Waals surface area contributed by atoms with Gasteiger partial charge in [0.25, 0.3) is 0 Å². The molecule has 1 amide bonds. The molecule has 0 aliphatic rings. The first kappa shape index (κ1) is 20.8. The Hall–Kier alpha value is -2.96. The van der Waals surface area contributed by atoms with Gasteiger partial charge < -0.3 is 4.90 Å². The normalized spacial score (nSPS) is 11.6. The summed E-state index contributed by atoms with van der Waals surface area (Å²) in [6, 6.07) is 12.3. The second-order valence-electron chi connectivity index (χ2n) is 6.66. The predicted octanol–water partition coefficient (Wildman–Crippen LogP) is 5.12. The molecule has 0 saturated heterocycles. The van der Waals surface area contributed by atoms with Crippen molar-refractivity contribution < 1.29 is 18.0 Å². The average Bonchev–Trinajstić information content (AvgIpc) is 2.72. The van der Waals surface area contributed by atoms with E-state index in [1.165, 1.54) is 6.07 Å². The van der Waals surface area contributed by atoms with E-state index < -0.39 is 11.7 Å². The number of fused-ring (bicyclic) bond motifs is 1. The minimum Gasteiger partial charge on any atom is -0.343 e. The minimum atomic E-state index is -4.44. The minimum absolute atomic E-state index is 0.0262. The Morgan fingerprint density at radius 2 is 1.72 bits per heavy atom. The van der Waals surface area contributed by atoms with Gasteiger partial charge in [-0.1, -0.05) is 30.3 Å². The van der Waals surface area contributed by atoms with E-state index in [4.69, 9.17) is 0 Å². The van der Waals surface area contributed by atoms with Gasteiger partial charge in [-0.3, -0.25) is 4.79 Å². The molecule has 0 aliphatic heterocycles. The van der Waals surface area contributed by atoms with Crippen LogP contribution in [0.5, 0.6) is 0 Å². The molecule has 0 aliphatic carbocycles. The van der Waals surface area contributed by atoms with Crippen LogP contribution in [0, 0.1) is 0 Å². The molecule has 2 aromatic carbocycles. The third-order valence-corrected chi connectivity index (χ3v) is 4.82. The summed E-state index contributed by atoms with van der Waals surface area (Å²) in [4.78, 5) is 23.1. The van der Waals surface area contributed by atoms with Crippen LogP contribution in [0.25, 0.3) is 22.3 Å². The monoisotopic (exact) mass is 401 g/mol. The van der Waals surface area contributed by atoms with Crippen molar-refractivity contribution in [1.82, 2.24) is 14.9 Å². The molecule has 7 heteroatoms. The van der Waals surface area contributed by atoms with Crippen LogP contribution >= 0.6 is 0 Å². The first-order chi connectivity index (χ1) is 13.8. The van der Waals surface area contributed by atoms with Crippen molar-refractivity contribution in [3.8, 4) is 11.4 Å². The molecule has 152 valence electrons. The molecule has 0 N–H and O–H groups in total. The topological polar surface area (TPSA) is 46.1 Å². The van der Waals surface area contributed by atoms with Gasteiger partial charge in [0.15, 0.2) is 5.82 Å². The standard InChI is InChI=1S/C22H22F3N3O/c1-3-28(4-2)20(29)13-12-19-17-10-5-6-11-18(17)26-21(27-19)15-8-7-9-16(14-15)22(23,24)25/h5-11,14H,3-4,12-13H2,1-2H3. The van der Waals surface area contributed by atoms with Gasteiger partial charge in [0.1, 0.15) is 0 Å². The summed E-state index contributed by atoms with van der Waals surface area (Å²) in [5, 5.41) is 0.801. The van der Waals surface area contributed by atoms with Crippen LogP contribution in [0.1, 0.15) is 31.5 Å². The lowest BCUT2D eigenvalue weighted by atomic mass is 10.1. The van der Waals surface area contributed by atoms with Gasteiger partial charge in [-0.25, -0.2) is 9.97 Å². The number of alkyl halides is 3. The molecule has 3 aromatic rings. The second kappa shape index (κ2) is 8.59. The zero-order valence-electron chi connectivity index (χ0n) is 16.3. The van der Waals surface area contributed by atoms with Crippen molar-refractivity contribution in [2.24, 2.45) is 0 Å². The Morgan fingerprint density at radius 1 is 1.00 bits per heavy atom. The molecule has 0 fully saturated rings. The fraction of sp³-hybridized carbons (Fsp3) is 0.318. The number of para-hydroxylation sites is 1. The zero-order valence-corrected chi connectivity index (χ0v) is 16.3. The molecule has 0 atom stereocenters.